The quantitative estimate of drug-likeness (QED) is 0.302. The molecule has 1 aromatic carbocycles. The third-order valence-corrected chi connectivity index (χ3v) is 9.77. The van der Waals surface area contributed by atoms with Crippen molar-refractivity contribution in [1.29, 1.82) is 0 Å². The van der Waals surface area contributed by atoms with Gasteiger partial charge in [0.15, 0.2) is 0 Å². The first kappa shape index (κ1) is 36.9. The molecule has 0 unspecified atom stereocenters. The Morgan fingerprint density at radius 2 is 1.78 bits per heavy atom. The van der Waals surface area contributed by atoms with Gasteiger partial charge >= 0.3 is 12.1 Å². The van der Waals surface area contributed by atoms with Gasteiger partial charge in [0.2, 0.25) is 23.6 Å². The van der Waals surface area contributed by atoms with Crippen molar-refractivity contribution in [3.63, 3.8) is 0 Å². The molecule has 13 heteroatoms. The van der Waals surface area contributed by atoms with Crippen molar-refractivity contribution in [2.24, 2.45) is 5.92 Å². The lowest BCUT2D eigenvalue weighted by molar-refractivity contribution is -0.147. The normalized spacial score (nSPS) is 29.3. The molecule has 4 aliphatic rings. The molecule has 272 valence electrons. The fraction of sp³-hybridized carbons (Fsp3) is 0.622. The highest BCUT2D eigenvalue weighted by Gasteiger charge is 2.63. The minimum atomic E-state index is -1.28. The minimum absolute atomic E-state index is 0.0370. The van der Waals surface area contributed by atoms with E-state index in [2.05, 4.69) is 16.0 Å². The van der Waals surface area contributed by atoms with Crippen LogP contribution in [0.2, 0.25) is 0 Å². The standard InChI is InChI=1S/C37H51N5O8/c1-24(43)49-27-20-30-32(45)40-37(34(47)41-19-13-18-29(41)31(44)38-22-25-14-9-8-10-15-25)21-26(37)16-11-6-5-7-12-17-28(33(46)42(30)23-27)39-35(48)50-36(2,3)4/h8-11,14-16,26-30H,5-7,12-13,17-23H2,1-4H3,(H,38,44)(H,39,48)(H,40,45)/b16-11-/t26-,27+,28-,29-,30-,37+/m0/s1. The van der Waals surface area contributed by atoms with E-state index in [1.54, 1.807) is 25.7 Å². The lowest BCUT2D eigenvalue weighted by Crippen LogP contribution is -2.59. The van der Waals surface area contributed by atoms with Gasteiger partial charge in [-0.05, 0) is 64.9 Å². The fourth-order valence-corrected chi connectivity index (χ4v) is 7.27. The number of amides is 5. The lowest BCUT2D eigenvalue weighted by atomic mass is 10.0. The Labute approximate surface area is 293 Å². The molecule has 50 heavy (non-hydrogen) atoms. The molecule has 0 radical (unpaired) electrons. The van der Waals surface area contributed by atoms with Gasteiger partial charge in [-0.25, -0.2) is 4.79 Å². The molecule has 3 aliphatic heterocycles. The van der Waals surface area contributed by atoms with Gasteiger partial charge in [-0.1, -0.05) is 55.3 Å². The van der Waals surface area contributed by atoms with Gasteiger partial charge in [0.25, 0.3) is 0 Å². The average Bonchev–Trinajstić information content (AvgIpc) is 3.35. The maximum Gasteiger partial charge on any atom is 0.408 e. The topological polar surface area (TPSA) is 163 Å². The number of likely N-dealkylation sites (tertiary alicyclic amines) is 1. The van der Waals surface area contributed by atoms with E-state index in [0.717, 1.165) is 24.8 Å². The summed E-state index contributed by atoms with van der Waals surface area (Å²) in [6.45, 7) is 7.14. The number of rotatable bonds is 6. The van der Waals surface area contributed by atoms with E-state index in [9.17, 15) is 28.8 Å². The molecule has 1 aliphatic carbocycles. The highest BCUT2D eigenvalue weighted by Crippen LogP contribution is 2.47. The van der Waals surface area contributed by atoms with Crippen LogP contribution >= 0.6 is 0 Å². The third kappa shape index (κ3) is 9.02. The van der Waals surface area contributed by atoms with Crippen molar-refractivity contribution in [3.8, 4) is 0 Å². The SMILES string of the molecule is CC(=O)O[C@@H]1C[C@H]2C(=O)N[C@]3(C(=O)N4CCC[C@H]4C(=O)NCc4ccccc4)C[C@@H]3/C=C\CCCCC[C@H](NC(=O)OC(C)(C)C)C(=O)N2C1. The second-order valence-corrected chi connectivity index (χ2v) is 14.9. The Balaban J connectivity index is 1.38. The fourth-order valence-electron chi connectivity index (χ4n) is 7.27. The van der Waals surface area contributed by atoms with Gasteiger partial charge in [0.05, 0.1) is 6.54 Å². The van der Waals surface area contributed by atoms with Gasteiger partial charge in [0, 0.05) is 32.4 Å². The van der Waals surface area contributed by atoms with Gasteiger partial charge in [-0.3, -0.25) is 24.0 Å². The van der Waals surface area contributed by atoms with Crippen LogP contribution in [-0.4, -0.2) is 94.0 Å². The zero-order valence-corrected chi connectivity index (χ0v) is 29.6. The molecule has 6 atom stereocenters. The second kappa shape index (κ2) is 15.6. The van der Waals surface area contributed by atoms with E-state index in [0.29, 0.717) is 45.2 Å². The largest absolute Gasteiger partial charge is 0.461 e. The van der Waals surface area contributed by atoms with E-state index in [1.807, 2.05) is 42.5 Å². The van der Waals surface area contributed by atoms with E-state index < -0.39 is 59.2 Å². The van der Waals surface area contributed by atoms with Crippen molar-refractivity contribution < 1.29 is 38.2 Å². The molecule has 0 aromatic heterocycles. The number of esters is 1. The summed E-state index contributed by atoms with van der Waals surface area (Å²) in [7, 11) is 0. The number of allylic oxidation sites excluding steroid dienone is 1. The van der Waals surface area contributed by atoms with Crippen molar-refractivity contribution in [1.82, 2.24) is 25.8 Å². The first-order chi connectivity index (χ1) is 23.8. The molecule has 3 fully saturated rings. The molecular weight excluding hydrogens is 642 g/mol. The molecule has 2 saturated heterocycles. The van der Waals surface area contributed by atoms with Crippen LogP contribution in [0.15, 0.2) is 42.5 Å². The average molecular weight is 694 g/mol. The Hall–Kier alpha value is -4.42. The maximum atomic E-state index is 14.4. The van der Waals surface area contributed by atoms with Crippen LogP contribution in [0.25, 0.3) is 0 Å². The van der Waals surface area contributed by atoms with E-state index in [-0.39, 0.29) is 30.7 Å². The maximum absolute atomic E-state index is 14.4. The van der Waals surface area contributed by atoms with Crippen LogP contribution in [0.1, 0.15) is 91.0 Å². The summed E-state index contributed by atoms with van der Waals surface area (Å²) in [6, 6.07) is 6.84. The molecule has 5 amide bonds. The van der Waals surface area contributed by atoms with E-state index >= 15 is 0 Å². The molecule has 3 heterocycles. The van der Waals surface area contributed by atoms with Crippen molar-refractivity contribution in [2.75, 3.05) is 13.1 Å². The third-order valence-electron chi connectivity index (χ3n) is 9.77. The van der Waals surface area contributed by atoms with Gasteiger partial charge < -0.3 is 35.2 Å². The summed E-state index contributed by atoms with van der Waals surface area (Å²) in [4.78, 5) is 83.8. The number of carbonyl (C=O) groups excluding carboxylic acids is 6. The number of ether oxygens (including phenoxy) is 2. The molecule has 1 saturated carbocycles. The van der Waals surface area contributed by atoms with Crippen LogP contribution in [0, 0.1) is 5.92 Å². The van der Waals surface area contributed by atoms with Crippen LogP contribution < -0.4 is 16.0 Å². The van der Waals surface area contributed by atoms with Crippen LogP contribution in [0.4, 0.5) is 4.79 Å². The summed E-state index contributed by atoms with van der Waals surface area (Å²) in [6.07, 6.45) is 7.44. The highest BCUT2D eigenvalue weighted by molar-refractivity contribution is 6.00. The number of nitrogens with one attached hydrogen (secondary N) is 3. The van der Waals surface area contributed by atoms with Crippen molar-refractivity contribution >= 4 is 35.7 Å². The predicted molar refractivity (Wildman–Crippen MR) is 183 cm³/mol. The molecule has 0 spiro atoms. The molecule has 5 rings (SSSR count). The number of hydrogen-bond donors (Lipinski definition) is 3. The number of benzene rings is 1. The Morgan fingerprint density at radius 3 is 2.50 bits per heavy atom. The van der Waals surface area contributed by atoms with Gasteiger partial charge in [0.1, 0.15) is 35.4 Å². The summed E-state index contributed by atoms with van der Waals surface area (Å²) in [5, 5.41) is 8.70. The Kier molecular flexibility index (Phi) is 11.5. The zero-order chi connectivity index (χ0) is 36.1. The van der Waals surface area contributed by atoms with Crippen LogP contribution in [0.3, 0.4) is 0 Å². The van der Waals surface area contributed by atoms with Gasteiger partial charge in [-0.2, -0.15) is 0 Å². The molecular formula is C37H51N5O8. The monoisotopic (exact) mass is 693 g/mol. The Bertz CT molecular complexity index is 1480. The van der Waals surface area contributed by atoms with Crippen LogP contribution in [-0.2, 0) is 40.0 Å². The first-order valence-electron chi connectivity index (χ1n) is 17.9. The number of carbonyl (C=O) groups is 6. The van der Waals surface area contributed by atoms with E-state index in [4.69, 9.17) is 9.47 Å². The summed E-state index contributed by atoms with van der Waals surface area (Å²) in [5.41, 5.74) is -1.12. The summed E-state index contributed by atoms with van der Waals surface area (Å²) >= 11 is 0. The number of nitrogens with zero attached hydrogens (tertiary/aromatic N) is 2. The summed E-state index contributed by atoms with van der Waals surface area (Å²) in [5.74, 6) is -2.42. The van der Waals surface area contributed by atoms with E-state index in [1.165, 1.54) is 11.8 Å². The van der Waals surface area contributed by atoms with Gasteiger partial charge in [-0.15, -0.1) is 0 Å². The van der Waals surface area contributed by atoms with Crippen molar-refractivity contribution in [2.45, 2.75) is 127 Å². The molecule has 3 N–H and O–H groups in total. The number of hydrogen-bond acceptors (Lipinski definition) is 8. The number of fused-ring (bicyclic) bond motifs is 2. The Morgan fingerprint density at radius 1 is 1.02 bits per heavy atom. The molecule has 13 nitrogen and oxygen atoms in total. The summed E-state index contributed by atoms with van der Waals surface area (Å²) < 4.78 is 10.9. The second-order valence-electron chi connectivity index (χ2n) is 14.9. The minimum Gasteiger partial charge on any atom is -0.461 e. The highest BCUT2D eigenvalue weighted by atomic mass is 16.6. The molecule has 1 aromatic rings. The van der Waals surface area contributed by atoms with Crippen molar-refractivity contribution in [3.05, 3.63) is 48.0 Å². The predicted octanol–water partition coefficient (Wildman–Crippen LogP) is 3.11. The smallest absolute Gasteiger partial charge is 0.408 e. The van der Waals surface area contributed by atoms with Crippen LogP contribution in [0.5, 0.6) is 0 Å². The molecule has 0 bridgehead atoms. The first-order valence-corrected chi connectivity index (χ1v) is 17.9. The lowest BCUT2D eigenvalue weighted by Gasteiger charge is -2.32. The number of alkyl carbamates (subject to hydrolysis) is 1. The zero-order valence-electron chi connectivity index (χ0n) is 29.6.